The standard InChI is InChI=1S/C15H15FN4O2S/c1-9-8-23-15(17-9)19-14(22)18-11-6-13(21)20(7-11)12-4-2-10(16)3-5-12/h2-5,8,11H,6-7H2,1H3,(H2,17,18,19,22)/t11-/m0/s1. The van der Waals surface area contributed by atoms with E-state index >= 15 is 0 Å². The molecule has 8 heteroatoms. The molecule has 0 radical (unpaired) electrons. The lowest BCUT2D eigenvalue weighted by Crippen LogP contribution is -2.39. The Kier molecular flexibility index (Phi) is 4.24. The van der Waals surface area contributed by atoms with Gasteiger partial charge in [0.15, 0.2) is 5.13 Å². The number of aromatic nitrogens is 1. The molecule has 2 aromatic rings. The predicted molar refractivity (Wildman–Crippen MR) is 86.2 cm³/mol. The number of amides is 3. The number of hydrogen-bond donors (Lipinski definition) is 2. The van der Waals surface area contributed by atoms with E-state index in [0.717, 1.165) is 5.69 Å². The van der Waals surface area contributed by atoms with E-state index in [1.165, 1.54) is 28.4 Å². The zero-order chi connectivity index (χ0) is 16.4. The van der Waals surface area contributed by atoms with Gasteiger partial charge in [0.1, 0.15) is 5.82 Å². The van der Waals surface area contributed by atoms with E-state index in [4.69, 9.17) is 0 Å². The Balaban J connectivity index is 1.59. The van der Waals surface area contributed by atoms with Crippen molar-refractivity contribution in [3.63, 3.8) is 0 Å². The van der Waals surface area contributed by atoms with Crippen molar-refractivity contribution in [3.8, 4) is 0 Å². The molecule has 1 aliphatic heterocycles. The second kappa shape index (κ2) is 6.33. The Labute approximate surface area is 136 Å². The third-order valence-corrected chi connectivity index (χ3v) is 4.31. The van der Waals surface area contributed by atoms with E-state index in [-0.39, 0.29) is 24.2 Å². The molecule has 0 spiro atoms. The molecule has 1 aliphatic rings. The maximum Gasteiger partial charge on any atom is 0.321 e. The van der Waals surface area contributed by atoms with Crippen LogP contribution in [-0.4, -0.2) is 29.5 Å². The third kappa shape index (κ3) is 3.65. The Morgan fingerprint density at radius 2 is 2.13 bits per heavy atom. The summed E-state index contributed by atoms with van der Waals surface area (Å²) in [4.78, 5) is 29.7. The van der Waals surface area contributed by atoms with E-state index < -0.39 is 6.03 Å². The average molecular weight is 334 g/mol. The molecule has 120 valence electrons. The maximum atomic E-state index is 13.0. The van der Waals surface area contributed by atoms with Crippen LogP contribution in [-0.2, 0) is 4.79 Å². The van der Waals surface area contributed by atoms with Crippen LogP contribution in [0.5, 0.6) is 0 Å². The maximum absolute atomic E-state index is 13.0. The summed E-state index contributed by atoms with van der Waals surface area (Å²) in [6.45, 7) is 2.20. The first-order valence-electron chi connectivity index (χ1n) is 7.07. The highest BCUT2D eigenvalue weighted by atomic mass is 32.1. The lowest BCUT2D eigenvalue weighted by molar-refractivity contribution is -0.117. The van der Waals surface area contributed by atoms with Gasteiger partial charge in [-0.1, -0.05) is 0 Å². The monoisotopic (exact) mass is 334 g/mol. The Morgan fingerprint density at radius 1 is 1.39 bits per heavy atom. The first-order chi connectivity index (χ1) is 11.0. The molecule has 0 bridgehead atoms. The number of hydrogen-bond acceptors (Lipinski definition) is 4. The molecule has 1 saturated heterocycles. The molecular formula is C15H15FN4O2S. The Bertz CT molecular complexity index is 731. The fourth-order valence-corrected chi connectivity index (χ4v) is 3.09. The number of urea groups is 1. The summed E-state index contributed by atoms with van der Waals surface area (Å²) < 4.78 is 13.0. The van der Waals surface area contributed by atoms with Crippen LogP contribution < -0.4 is 15.5 Å². The molecule has 6 nitrogen and oxygen atoms in total. The van der Waals surface area contributed by atoms with Gasteiger partial charge in [0, 0.05) is 24.0 Å². The van der Waals surface area contributed by atoms with E-state index in [2.05, 4.69) is 15.6 Å². The van der Waals surface area contributed by atoms with Crippen LogP contribution in [0, 0.1) is 12.7 Å². The van der Waals surface area contributed by atoms with Gasteiger partial charge in [-0.25, -0.2) is 14.2 Å². The van der Waals surface area contributed by atoms with Crippen molar-refractivity contribution >= 4 is 34.1 Å². The van der Waals surface area contributed by atoms with Crippen molar-refractivity contribution in [2.45, 2.75) is 19.4 Å². The fourth-order valence-electron chi connectivity index (χ4n) is 2.40. The summed E-state index contributed by atoms with van der Waals surface area (Å²) in [5, 5.41) is 7.75. The molecule has 3 rings (SSSR count). The number of anilines is 2. The molecule has 2 heterocycles. The highest BCUT2D eigenvalue weighted by molar-refractivity contribution is 7.13. The van der Waals surface area contributed by atoms with Crippen LogP contribution in [0.25, 0.3) is 0 Å². The predicted octanol–water partition coefficient (Wildman–Crippen LogP) is 2.52. The highest BCUT2D eigenvalue weighted by Gasteiger charge is 2.31. The number of carbonyl (C=O) groups excluding carboxylic acids is 2. The normalized spacial score (nSPS) is 17.4. The van der Waals surface area contributed by atoms with Gasteiger partial charge in [0.05, 0.1) is 11.7 Å². The summed E-state index contributed by atoms with van der Waals surface area (Å²) in [7, 11) is 0. The quantitative estimate of drug-likeness (QED) is 0.906. The van der Waals surface area contributed by atoms with E-state index in [1.54, 1.807) is 12.1 Å². The molecule has 2 N–H and O–H groups in total. The Hall–Kier alpha value is -2.48. The molecular weight excluding hydrogens is 319 g/mol. The second-order valence-electron chi connectivity index (χ2n) is 5.27. The van der Waals surface area contributed by atoms with Gasteiger partial charge in [0.2, 0.25) is 5.91 Å². The smallest absolute Gasteiger partial charge is 0.321 e. The Morgan fingerprint density at radius 3 is 2.78 bits per heavy atom. The van der Waals surface area contributed by atoms with Crippen molar-refractivity contribution in [1.29, 1.82) is 0 Å². The number of aryl methyl sites for hydroxylation is 1. The molecule has 1 atom stereocenters. The number of nitrogens with zero attached hydrogens (tertiary/aromatic N) is 2. The number of benzene rings is 1. The number of thiazole rings is 1. The number of nitrogens with one attached hydrogen (secondary N) is 2. The lowest BCUT2D eigenvalue weighted by Gasteiger charge is -2.17. The van der Waals surface area contributed by atoms with E-state index in [1.807, 2.05) is 12.3 Å². The molecule has 0 aliphatic carbocycles. The first-order valence-corrected chi connectivity index (χ1v) is 7.95. The second-order valence-corrected chi connectivity index (χ2v) is 6.13. The molecule has 1 fully saturated rings. The fraction of sp³-hybridized carbons (Fsp3) is 0.267. The largest absolute Gasteiger partial charge is 0.333 e. The summed E-state index contributed by atoms with van der Waals surface area (Å²) in [5.74, 6) is -0.458. The SMILES string of the molecule is Cc1csc(NC(=O)N[C@H]2CC(=O)N(c3ccc(F)cc3)C2)n1. The average Bonchev–Trinajstić information content (AvgIpc) is 3.06. The molecule has 0 saturated carbocycles. The van der Waals surface area contributed by atoms with Crippen molar-refractivity contribution in [2.24, 2.45) is 0 Å². The van der Waals surface area contributed by atoms with Gasteiger partial charge in [-0.05, 0) is 31.2 Å². The van der Waals surface area contributed by atoms with Crippen LogP contribution in [0.3, 0.4) is 0 Å². The molecule has 23 heavy (non-hydrogen) atoms. The van der Waals surface area contributed by atoms with Gasteiger partial charge in [-0.15, -0.1) is 11.3 Å². The minimum atomic E-state index is -0.391. The highest BCUT2D eigenvalue weighted by Crippen LogP contribution is 2.22. The molecule has 0 unspecified atom stereocenters. The zero-order valence-electron chi connectivity index (χ0n) is 12.4. The van der Waals surface area contributed by atoms with Crippen LogP contribution in [0.1, 0.15) is 12.1 Å². The van der Waals surface area contributed by atoms with Gasteiger partial charge in [-0.2, -0.15) is 0 Å². The zero-order valence-corrected chi connectivity index (χ0v) is 13.2. The van der Waals surface area contributed by atoms with Crippen LogP contribution in [0.15, 0.2) is 29.6 Å². The van der Waals surface area contributed by atoms with Crippen molar-refractivity contribution < 1.29 is 14.0 Å². The van der Waals surface area contributed by atoms with Gasteiger partial charge >= 0.3 is 6.03 Å². The minimum absolute atomic E-state index is 0.105. The summed E-state index contributed by atoms with van der Waals surface area (Å²) in [6.07, 6.45) is 0.210. The van der Waals surface area contributed by atoms with Crippen LogP contribution in [0.4, 0.5) is 20.0 Å². The van der Waals surface area contributed by atoms with Crippen LogP contribution in [0.2, 0.25) is 0 Å². The number of rotatable bonds is 3. The summed E-state index contributed by atoms with van der Waals surface area (Å²) in [5.41, 5.74) is 1.46. The van der Waals surface area contributed by atoms with Crippen molar-refractivity contribution in [2.75, 3.05) is 16.8 Å². The molecule has 3 amide bonds. The molecule has 1 aromatic carbocycles. The van der Waals surface area contributed by atoms with E-state index in [9.17, 15) is 14.0 Å². The van der Waals surface area contributed by atoms with Crippen LogP contribution >= 0.6 is 11.3 Å². The van der Waals surface area contributed by atoms with Crippen molar-refractivity contribution in [3.05, 3.63) is 41.2 Å². The van der Waals surface area contributed by atoms with Gasteiger partial charge in [0.25, 0.3) is 0 Å². The van der Waals surface area contributed by atoms with Gasteiger partial charge < -0.3 is 10.2 Å². The summed E-state index contributed by atoms with van der Waals surface area (Å²) >= 11 is 1.34. The van der Waals surface area contributed by atoms with E-state index in [0.29, 0.717) is 17.4 Å². The minimum Gasteiger partial charge on any atom is -0.333 e. The molecule has 1 aromatic heterocycles. The van der Waals surface area contributed by atoms with Gasteiger partial charge in [-0.3, -0.25) is 10.1 Å². The first kappa shape index (κ1) is 15.4. The summed E-state index contributed by atoms with van der Waals surface area (Å²) in [6, 6.07) is 5.02. The number of halogens is 1. The number of carbonyl (C=O) groups is 2. The lowest BCUT2D eigenvalue weighted by atomic mass is 10.2. The topological polar surface area (TPSA) is 74.3 Å². The van der Waals surface area contributed by atoms with Crippen molar-refractivity contribution in [1.82, 2.24) is 10.3 Å². The third-order valence-electron chi connectivity index (χ3n) is 3.44.